The number of imide groups is 1. The van der Waals surface area contributed by atoms with Crippen LogP contribution < -0.4 is 5.32 Å². The van der Waals surface area contributed by atoms with E-state index < -0.39 is 11.6 Å². The lowest BCUT2D eigenvalue weighted by molar-refractivity contribution is -0.133. The quantitative estimate of drug-likeness (QED) is 0.518. The predicted molar refractivity (Wildman–Crippen MR) is 130 cm³/mol. The van der Waals surface area contributed by atoms with Gasteiger partial charge in [-0.25, -0.2) is 9.18 Å². The summed E-state index contributed by atoms with van der Waals surface area (Å²) < 4.78 is 13.9. The number of nitrogens with one attached hydrogen (secondary N) is 1. The van der Waals surface area contributed by atoms with Crippen molar-refractivity contribution >= 4 is 11.9 Å². The Balaban J connectivity index is 1.54. The molecule has 2 aliphatic heterocycles. The molecule has 2 aromatic carbocycles. The van der Waals surface area contributed by atoms with Gasteiger partial charge in [-0.15, -0.1) is 5.92 Å². The zero-order valence-electron chi connectivity index (χ0n) is 20.2. The fraction of sp³-hybridized carbons (Fsp3) is 0.429. The first kappa shape index (κ1) is 24.0. The van der Waals surface area contributed by atoms with Gasteiger partial charge in [0.1, 0.15) is 11.4 Å². The third-order valence-corrected chi connectivity index (χ3v) is 7.25. The minimum Gasteiger partial charge on any atom is -0.322 e. The molecule has 0 saturated carbocycles. The maximum atomic E-state index is 13.9. The molecule has 1 unspecified atom stereocenters. The van der Waals surface area contributed by atoms with Crippen LogP contribution >= 0.6 is 0 Å². The highest BCUT2D eigenvalue weighted by Gasteiger charge is 2.55. The summed E-state index contributed by atoms with van der Waals surface area (Å²) in [5, 5.41) is 3.02. The molecule has 2 fully saturated rings. The van der Waals surface area contributed by atoms with Gasteiger partial charge in [-0.05, 0) is 87.0 Å². The Morgan fingerprint density at radius 2 is 1.82 bits per heavy atom. The lowest BCUT2D eigenvalue weighted by Gasteiger charge is -2.41. The smallest absolute Gasteiger partial charge is 0.322 e. The van der Waals surface area contributed by atoms with E-state index in [4.69, 9.17) is 0 Å². The molecule has 1 N–H and O–H groups in total. The number of piperidine rings is 1. The SMILES string of the molecule is CC#CCN1C(=O)NC(Cc2cccc(F)c2)(C2CCN(Cc3ccc(C)c(C)c3)CC2)C1=O. The van der Waals surface area contributed by atoms with Crippen LogP contribution in [0.5, 0.6) is 0 Å². The molecule has 2 aliphatic rings. The number of hydrogen-bond acceptors (Lipinski definition) is 3. The third kappa shape index (κ3) is 4.85. The maximum Gasteiger partial charge on any atom is 0.325 e. The summed E-state index contributed by atoms with van der Waals surface area (Å²) in [5.41, 5.74) is 3.48. The average Bonchev–Trinajstić information content (AvgIpc) is 3.05. The summed E-state index contributed by atoms with van der Waals surface area (Å²) >= 11 is 0. The number of carbonyl (C=O) groups excluding carboxylic acids is 2. The van der Waals surface area contributed by atoms with Gasteiger partial charge >= 0.3 is 6.03 Å². The maximum absolute atomic E-state index is 13.9. The molecule has 2 aromatic rings. The number of halogens is 1. The van der Waals surface area contributed by atoms with Crippen LogP contribution in [-0.4, -0.2) is 46.9 Å². The van der Waals surface area contributed by atoms with Crippen molar-refractivity contribution in [1.82, 2.24) is 15.1 Å². The molecule has 0 spiro atoms. The van der Waals surface area contributed by atoms with Gasteiger partial charge in [-0.1, -0.05) is 36.3 Å². The molecule has 3 amide bonds. The van der Waals surface area contributed by atoms with E-state index in [-0.39, 0.29) is 30.6 Å². The predicted octanol–water partition coefficient (Wildman–Crippen LogP) is 4.21. The second kappa shape index (κ2) is 9.99. The van der Waals surface area contributed by atoms with Crippen LogP contribution in [0.25, 0.3) is 0 Å². The minimum atomic E-state index is -1.08. The number of rotatable bonds is 6. The summed E-state index contributed by atoms with van der Waals surface area (Å²) in [5.74, 6) is 4.95. The lowest BCUT2D eigenvalue weighted by Crippen LogP contribution is -2.57. The number of hydrogen-bond donors (Lipinski definition) is 1. The first-order chi connectivity index (χ1) is 16.3. The van der Waals surface area contributed by atoms with Crippen molar-refractivity contribution < 1.29 is 14.0 Å². The molecule has 178 valence electrons. The van der Waals surface area contributed by atoms with Crippen LogP contribution in [0.2, 0.25) is 0 Å². The van der Waals surface area contributed by atoms with Gasteiger partial charge in [0.05, 0.1) is 6.54 Å². The van der Waals surface area contributed by atoms with Gasteiger partial charge < -0.3 is 5.32 Å². The van der Waals surface area contributed by atoms with E-state index in [9.17, 15) is 14.0 Å². The molecule has 1 atom stereocenters. The Bertz CT molecular complexity index is 1140. The van der Waals surface area contributed by atoms with E-state index in [0.29, 0.717) is 5.56 Å². The molecular formula is C28H32FN3O2. The Hall–Kier alpha value is -3.17. The van der Waals surface area contributed by atoms with Crippen molar-refractivity contribution in [2.24, 2.45) is 5.92 Å². The Kier molecular flexibility index (Phi) is 7.04. The van der Waals surface area contributed by atoms with Crippen LogP contribution in [0, 0.1) is 37.4 Å². The molecule has 0 aliphatic carbocycles. The van der Waals surface area contributed by atoms with Crippen LogP contribution in [0.1, 0.15) is 42.0 Å². The van der Waals surface area contributed by atoms with Gasteiger partial charge in [-0.3, -0.25) is 14.6 Å². The molecule has 5 nitrogen and oxygen atoms in total. The highest BCUT2D eigenvalue weighted by Crippen LogP contribution is 2.37. The van der Waals surface area contributed by atoms with E-state index in [2.05, 4.69) is 54.1 Å². The number of benzene rings is 2. The second-order valence-electron chi connectivity index (χ2n) is 9.50. The molecule has 2 saturated heterocycles. The van der Waals surface area contributed by atoms with Gasteiger partial charge in [0, 0.05) is 13.0 Å². The van der Waals surface area contributed by atoms with E-state index in [0.717, 1.165) is 32.5 Å². The van der Waals surface area contributed by atoms with Crippen molar-refractivity contribution in [3.63, 3.8) is 0 Å². The van der Waals surface area contributed by atoms with Crippen molar-refractivity contribution in [2.45, 2.75) is 52.1 Å². The fourth-order valence-electron chi connectivity index (χ4n) is 5.20. The number of amides is 3. The Morgan fingerprint density at radius 3 is 2.50 bits per heavy atom. The van der Waals surface area contributed by atoms with Crippen LogP contribution in [0.15, 0.2) is 42.5 Å². The van der Waals surface area contributed by atoms with Crippen LogP contribution in [-0.2, 0) is 17.8 Å². The van der Waals surface area contributed by atoms with Crippen molar-refractivity contribution in [1.29, 1.82) is 0 Å². The zero-order chi connectivity index (χ0) is 24.3. The monoisotopic (exact) mass is 461 g/mol. The summed E-state index contributed by atoms with van der Waals surface area (Å²) in [6.07, 6.45) is 1.83. The van der Waals surface area contributed by atoms with Gasteiger partial charge in [0.2, 0.25) is 0 Å². The van der Waals surface area contributed by atoms with Crippen molar-refractivity contribution in [2.75, 3.05) is 19.6 Å². The molecule has 6 heteroatoms. The van der Waals surface area contributed by atoms with E-state index >= 15 is 0 Å². The highest BCUT2D eigenvalue weighted by atomic mass is 19.1. The molecule has 4 rings (SSSR count). The Labute approximate surface area is 201 Å². The number of carbonyl (C=O) groups is 2. The summed E-state index contributed by atoms with van der Waals surface area (Å²) in [6, 6.07) is 12.4. The van der Waals surface area contributed by atoms with Crippen molar-refractivity contribution in [3.05, 3.63) is 70.5 Å². The molecule has 2 heterocycles. The van der Waals surface area contributed by atoms with Gasteiger partial charge in [0.15, 0.2) is 0 Å². The van der Waals surface area contributed by atoms with E-state index in [1.807, 2.05) is 6.07 Å². The normalized spacial score (nSPS) is 21.4. The first-order valence-electron chi connectivity index (χ1n) is 11.9. The second-order valence-corrected chi connectivity index (χ2v) is 9.50. The summed E-state index contributed by atoms with van der Waals surface area (Å²) in [7, 11) is 0. The fourth-order valence-corrected chi connectivity index (χ4v) is 5.20. The zero-order valence-corrected chi connectivity index (χ0v) is 20.2. The highest BCUT2D eigenvalue weighted by molar-refractivity contribution is 6.07. The van der Waals surface area contributed by atoms with Gasteiger partial charge in [-0.2, -0.15) is 0 Å². The number of nitrogens with zero attached hydrogens (tertiary/aromatic N) is 2. The standard InChI is InChI=1S/C28H32FN3O2/c1-4-5-13-32-26(33)28(30-27(32)34,18-22-7-6-8-25(29)17-22)24-11-14-31(15-12-24)19-23-10-9-20(2)21(3)16-23/h6-10,16-17,24H,11-15,18-19H2,1-3H3,(H,30,34). The number of likely N-dealkylation sites (tertiary alicyclic amines) is 1. The molecule has 0 bridgehead atoms. The van der Waals surface area contributed by atoms with Crippen LogP contribution in [0.4, 0.5) is 9.18 Å². The topological polar surface area (TPSA) is 52.7 Å². The number of urea groups is 1. The lowest BCUT2D eigenvalue weighted by atomic mass is 9.74. The van der Waals surface area contributed by atoms with Crippen molar-refractivity contribution in [3.8, 4) is 11.8 Å². The number of aryl methyl sites for hydroxylation is 2. The van der Waals surface area contributed by atoms with E-state index in [1.165, 1.54) is 33.7 Å². The van der Waals surface area contributed by atoms with Crippen LogP contribution in [0.3, 0.4) is 0 Å². The molecule has 0 radical (unpaired) electrons. The minimum absolute atomic E-state index is 0.0391. The summed E-state index contributed by atoms with van der Waals surface area (Å²) in [4.78, 5) is 30.1. The first-order valence-corrected chi connectivity index (χ1v) is 11.9. The summed E-state index contributed by atoms with van der Waals surface area (Å²) in [6.45, 7) is 8.53. The third-order valence-electron chi connectivity index (χ3n) is 7.25. The Morgan fingerprint density at radius 1 is 1.06 bits per heavy atom. The largest absolute Gasteiger partial charge is 0.325 e. The molecular weight excluding hydrogens is 429 g/mol. The van der Waals surface area contributed by atoms with Gasteiger partial charge in [0.25, 0.3) is 5.91 Å². The molecule has 0 aromatic heterocycles. The molecule has 34 heavy (non-hydrogen) atoms. The van der Waals surface area contributed by atoms with E-state index in [1.54, 1.807) is 13.0 Å². The average molecular weight is 462 g/mol.